The van der Waals surface area contributed by atoms with Crippen LogP contribution in [0.5, 0.6) is 11.5 Å². The van der Waals surface area contributed by atoms with E-state index in [-0.39, 0.29) is 22.2 Å². The van der Waals surface area contributed by atoms with Crippen LogP contribution in [-0.2, 0) is 4.79 Å². The van der Waals surface area contributed by atoms with Gasteiger partial charge in [-0.05, 0) is 30.3 Å². The number of rotatable bonds is 4. The van der Waals surface area contributed by atoms with Crippen LogP contribution in [0.2, 0.25) is 5.02 Å². The molecule has 0 atom stereocenters. The van der Waals surface area contributed by atoms with Gasteiger partial charge in [0.25, 0.3) is 5.91 Å². The largest absolute Gasteiger partial charge is 0.502 e. The van der Waals surface area contributed by atoms with Crippen LogP contribution in [0.1, 0.15) is 17.3 Å². The molecule has 0 aliphatic carbocycles. The second-order valence-corrected chi connectivity index (χ2v) is 5.91. The van der Waals surface area contributed by atoms with Crippen LogP contribution in [0.3, 0.4) is 0 Å². The quantitative estimate of drug-likeness (QED) is 0.635. The van der Waals surface area contributed by atoms with E-state index in [0.717, 1.165) is 13.0 Å². The number of anilines is 1. The Labute approximate surface area is 158 Å². The van der Waals surface area contributed by atoms with Gasteiger partial charge in [-0.25, -0.2) is 4.39 Å². The molecule has 0 unspecified atom stereocenters. The van der Waals surface area contributed by atoms with Gasteiger partial charge in [-0.2, -0.15) is 0 Å². The lowest BCUT2D eigenvalue weighted by molar-refractivity contribution is -0.132. The van der Waals surface area contributed by atoms with Crippen LogP contribution >= 0.6 is 11.6 Å². The fraction of sp³-hybridized carbons (Fsp3) is 0.0526. The van der Waals surface area contributed by atoms with Crippen molar-refractivity contribution in [2.45, 2.75) is 6.92 Å². The van der Waals surface area contributed by atoms with E-state index in [1.807, 2.05) is 0 Å². The van der Waals surface area contributed by atoms with Crippen molar-refractivity contribution in [3.8, 4) is 22.8 Å². The molecule has 2 aromatic carbocycles. The highest BCUT2D eigenvalue weighted by Gasteiger charge is 2.27. The van der Waals surface area contributed by atoms with Crippen molar-refractivity contribution in [3.05, 3.63) is 64.9 Å². The highest BCUT2D eigenvalue weighted by molar-refractivity contribution is 6.30. The van der Waals surface area contributed by atoms with Crippen LogP contribution in [0, 0.1) is 5.82 Å². The summed E-state index contributed by atoms with van der Waals surface area (Å²) in [5, 5.41) is 12.9. The molecule has 6 nitrogen and oxygen atoms in total. The van der Waals surface area contributed by atoms with Crippen molar-refractivity contribution < 1.29 is 28.2 Å². The van der Waals surface area contributed by atoms with Crippen molar-refractivity contribution in [2.75, 3.05) is 5.32 Å². The molecule has 8 heteroatoms. The zero-order chi connectivity index (χ0) is 19.6. The molecule has 0 aliphatic rings. The summed E-state index contributed by atoms with van der Waals surface area (Å²) in [6.07, 6.45) is 0. The minimum absolute atomic E-state index is 0.120. The molecular formula is C19H13ClFNO5. The Kier molecular flexibility index (Phi) is 5.14. The van der Waals surface area contributed by atoms with Crippen LogP contribution in [0.4, 0.5) is 10.3 Å². The highest BCUT2D eigenvalue weighted by atomic mass is 35.5. The molecule has 1 heterocycles. The second-order valence-electron chi connectivity index (χ2n) is 5.48. The molecule has 3 aromatic rings. The first-order valence-electron chi connectivity index (χ1n) is 7.73. The minimum Gasteiger partial charge on any atom is -0.502 e. The first kappa shape index (κ1) is 18.5. The van der Waals surface area contributed by atoms with Crippen LogP contribution < -0.4 is 10.1 Å². The number of hydrogen-bond acceptors (Lipinski definition) is 5. The third kappa shape index (κ3) is 3.93. The number of esters is 1. The van der Waals surface area contributed by atoms with Crippen molar-refractivity contribution in [2.24, 2.45) is 0 Å². The van der Waals surface area contributed by atoms with Gasteiger partial charge in [-0.1, -0.05) is 29.8 Å². The number of aromatic hydroxyl groups is 1. The summed E-state index contributed by atoms with van der Waals surface area (Å²) < 4.78 is 24.5. The van der Waals surface area contributed by atoms with Crippen LogP contribution in [0.15, 0.2) is 52.9 Å². The summed E-state index contributed by atoms with van der Waals surface area (Å²) >= 11 is 5.73. The molecule has 1 aromatic heterocycles. The average Bonchev–Trinajstić information content (AvgIpc) is 2.91. The van der Waals surface area contributed by atoms with Gasteiger partial charge in [0.15, 0.2) is 5.76 Å². The topological polar surface area (TPSA) is 88.8 Å². The number of amides is 1. The molecule has 0 saturated heterocycles. The van der Waals surface area contributed by atoms with Gasteiger partial charge >= 0.3 is 5.97 Å². The van der Waals surface area contributed by atoms with Crippen molar-refractivity contribution in [1.82, 2.24) is 0 Å². The number of halogens is 2. The summed E-state index contributed by atoms with van der Waals surface area (Å²) in [4.78, 5) is 23.7. The Morgan fingerprint density at radius 3 is 2.52 bits per heavy atom. The number of hydrogen-bond donors (Lipinski definition) is 2. The smallest absolute Gasteiger partial charge is 0.308 e. The molecule has 0 spiro atoms. The Balaban J connectivity index is 2.04. The zero-order valence-electron chi connectivity index (χ0n) is 14.0. The lowest BCUT2D eigenvalue weighted by Crippen LogP contribution is -2.12. The lowest BCUT2D eigenvalue weighted by Gasteiger charge is -2.04. The Morgan fingerprint density at radius 1 is 1.19 bits per heavy atom. The molecule has 1 amide bonds. The van der Waals surface area contributed by atoms with Crippen molar-refractivity contribution >= 4 is 29.4 Å². The van der Waals surface area contributed by atoms with Gasteiger partial charge in [-0.15, -0.1) is 0 Å². The van der Waals surface area contributed by atoms with E-state index in [1.54, 1.807) is 30.3 Å². The summed E-state index contributed by atoms with van der Waals surface area (Å²) in [5.41, 5.74) is 0.187. The maximum atomic E-state index is 14.2. The first-order valence-corrected chi connectivity index (χ1v) is 8.10. The summed E-state index contributed by atoms with van der Waals surface area (Å²) in [7, 11) is 0. The van der Waals surface area contributed by atoms with E-state index in [0.29, 0.717) is 5.56 Å². The van der Waals surface area contributed by atoms with E-state index in [9.17, 15) is 19.1 Å². The molecule has 0 fully saturated rings. The van der Waals surface area contributed by atoms with Crippen LogP contribution in [0.25, 0.3) is 11.3 Å². The molecule has 0 aliphatic heterocycles. The van der Waals surface area contributed by atoms with Gasteiger partial charge in [0.1, 0.15) is 5.82 Å². The van der Waals surface area contributed by atoms with Gasteiger partial charge in [-0.3, -0.25) is 14.9 Å². The molecule has 3 rings (SSSR count). The molecule has 0 radical (unpaired) electrons. The number of ether oxygens (including phenoxy) is 1. The summed E-state index contributed by atoms with van der Waals surface area (Å²) in [6.45, 7) is 1.11. The van der Waals surface area contributed by atoms with Crippen LogP contribution in [-0.4, -0.2) is 17.0 Å². The molecule has 2 N–H and O–H groups in total. The van der Waals surface area contributed by atoms with Gasteiger partial charge < -0.3 is 14.3 Å². The lowest BCUT2D eigenvalue weighted by atomic mass is 10.1. The monoisotopic (exact) mass is 389 g/mol. The standard InChI is InChI=1S/C19H13ClFNO5/c1-10(23)26-17-15(24)16(13-8-7-12(20)9-14(13)21)27-19(17)22-18(25)11-5-3-2-4-6-11/h2-9,24H,1H3,(H,22,25). The van der Waals surface area contributed by atoms with Gasteiger partial charge in [0, 0.05) is 17.5 Å². The Bertz CT molecular complexity index is 1020. The van der Waals surface area contributed by atoms with Crippen molar-refractivity contribution in [1.29, 1.82) is 0 Å². The first-order chi connectivity index (χ1) is 12.9. The number of benzene rings is 2. The molecule has 27 heavy (non-hydrogen) atoms. The summed E-state index contributed by atoms with van der Waals surface area (Å²) in [5.74, 6) is -3.79. The van der Waals surface area contributed by atoms with Gasteiger partial charge in [0.05, 0.1) is 5.56 Å². The Hall–Kier alpha value is -3.32. The maximum absolute atomic E-state index is 14.2. The fourth-order valence-corrected chi connectivity index (χ4v) is 2.51. The van der Waals surface area contributed by atoms with Crippen molar-refractivity contribution in [3.63, 3.8) is 0 Å². The van der Waals surface area contributed by atoms with E-state index >= 15 is 0 Å². The third-order valence-corrected chi connectivity index (χ3v) is 3.76. The maximum Gasteiger partial charge on any atom is 0.308 e. The number of carbonyl (C=O) groups excluding carboxylic acids is 2. The second kappa shape index (κ2) is 7.51. The molecular weight excluding hydrogens is 377 g/mol. The zero-order valence-corrected chi connectivity index (χ0v) is 14.7. The number of carbonyl (C=O) groups is 2. The van der Waals surface area contributed by atoms with E-state index in [1.165, 1.54) is 12.1 Å². The molecule has 0 saturated carbocycles. The SMILES string of the molecule is CC(=O)Oc1c(NC(=O)c2ccccc2)oc(-c2ccc(Cl)cc2F)c1O. The number of nitrogens with one attached hydrogen (secondary N) is 1. The van der Waals surface area contributed by atoms with E-state index in [4.69, 9.17) is 20.8 Å². The Morgan fingerprint density at radius 2 is 1.89 bits per heavy atom. The average molecular weight is 390 g/mol. The van der Waals surface area contributed by atoms with Gasteiger partial charge in [0.2, 0.25) is 17.4 Å². The highest BCUT2D eigenvalue weighted by Crippen LogP contribution is 2.47. The number of furan rings is 1. The third-order valence-electron chi connectivity index (χ3n) is 3.53. The molecule has 0 bridgehead atoms. The normalized spacial score (nSPS) is 10.5. The summed E-state index contributed by atoms with van der Waals surface area (Å²) in [6, 6.07) is 11.9. The van der Waals surface area contributed by atoms with E-state index < -0.39 is 29.2 Å². The predicted octanol–water partition coefficient (Wildman–Crippen LogP) is 4.62. The minimum atomic E-state index is -0.762. The fourth-order valence-electron chi connectivity index (χ4n) is 2.35. The van der Waals surface area contributed by atoms with E-state index in [2.05, 4.69) is 5.32 Å². The predicted molar refractivity (Wildman–Crippen MR) is 96.5 cm³/mol. The molecule has 138 valence electrons.